The molecule has 0 bridgehead atoms. The van der Waals surface area contributed by atoms with Gasteiger partial charge in [-0.25, -0.2) is 9.59 Å². The Hall–Kier alpha value is -5.62. The Morgan fingerprint density at radius 2 is 0.864 bits per heavy atom. The summed E-state index contributed by atoms with van der Waals surface area (Å²) in [4.78, 5) is 24.4. The van der Waals surface area contributed by atoms with Crippen molar-refractivity contribution >= 4 is 33.5 Å². The van der Waals surface area contributed by atoms with Crippen LogP contribution < -0.4 is 9.47 Å². The lowest BCUT2D eigenvalue weighted by molar-refractivity contribution is 0.0516. The van der Waals surface area contributed by atoms with Crippen LogP contribution in [-0.2, 0) is 9.47 Å². The summed E-state index contributed by atoms with van der Waals surface area (Å²) in [6, 6.07) is 38.1. The summed E-state index contributed by atoms with van der Waals surface area (Å²) in [5.74, 6) is 1.66. The number of ether oxygens (including phenoxy) is 4. The fourth-order valence-electron chi connectivity index (χ4n) is 5.19. The fourth-order valence-corrected chi connectivity index (χ4v) is 5.19. The van der Waals surface area contributed by atoms with Gasteiger partial charge >= 0.3 is 11.9 Å². The second-order valence-electron chi connectivity index (χ2n) is 10.0. The molecule has 0 unspecified atom stereocenters. The van der Waals surface area contributed by atoms with Gasteiger partial charge in [0.25, 0.3) is 0 Å². The molecule has 0 N–H and O–H groups in total. The molecule has 0 amide bonds. The van der Waals surface area contributed by atoms with Crippen molar-refractivity contribution in [3.05, 3.63) is 132 Å². The van der Waals surface area contributed by atoms with E-state index in [9.17, 15) is 9.59 Å². The maximum atomic E-state index is 12.2. The Morgan fingerprint density at radius 3 is 1.25 bits per heavy atom. The summed E-state index contributed by atoms with van der Waals surface area (Å²) in [7, 11) is 0. The van der Waals surface area contributed by atoms with Gasteiger partial charge in [0.1, 0.15) is 23.0 Å². The highest BCUT2D eigenvalue weighted by Gasteiger charge is 2.20. The number of esters is 2. The average molecular weight is 583 g/mol. The standard InChI is InChI=1S/C38H30O6/c1-3-41-37(39)27-13-19-29(20-14-27)43-33-23-17-25-9-5-7-11-31(25)35(33)36-32-12-8-6-10-26(32)18-24-34(36)44-30-21-15-28(16-22-30)38(40)42-4-2/h5-24H,3-4H2,1-2H3. The highest BCUT2D eigenvalue weighted by molar-refractivity contribution is 6.10. The van der Waals surface area contributed by atoms with Gasteiger partial charge in [-0.3, -0.25) is 0 Å². The largest absolute Gasteiger partial charge is 0.462 e. The monoisotopic (exact) mass is 582 g/mol. The molecule has 0 aromatic heterocycles. The molecule has 6 heteroatoms. The van der Waals surface area contributed by atoms with E-state index in [2.05, 4.69) is 24.3 Å². The van der Waals surface area contributed by atoms with Crippen molar-refractivity contribution in [2.24, 2.45) is 0 Å². The third-order valence-electron chi connectivity index (χ3n) is 7.22. The van der Waals surface area contributed by atoms with E-state index in [1.54, 1.807) is 62.4 Å². The van der Waals surface area contributed by atoms with Gasteiger partial charge in [0.05, 0.1) is 24.3 Å². The van der Waals surface area contributed by atoms with Crippen LogP contribution in [0.3, 0.4) is 0 Å². The predicted molar refractivity (Wildman–Crippen MR) is 172 cm³/mol. The van der Waals surface area contributed by atoms with Crippen molar-refractivity contribution in [3.63, 3.8) is 0 Å². The maximum Gasteiger partial charge on any atom is 0.338 e. The maximum absolute atomic E-state index is 12.2. The van der Waals surface area contributed by atoms with E-state index in [0.29, 0.717) is 47.3 Å². The highest BCUT2D eigenvalue weighted by Crippen LogP contribution is 2.47. The third-order valence-corrected chi connectivity index (χ3v) is 7.22. The lowest BCUT2D eigenvalue weighted by Gasteiger charge is -2.19. The number of hydrogen-bond donors (Lipinski definition) is 0. The molecule has 6 aromatic carbocycles. The lowest BCUT2D eigenvalue weighted by Crippen LogP contribution is -2.04. The second kappa shape index (κ2) is 12.7. The summed E-state index contributed by atoms with van der Waals surface area (Å²) in [6.07, 6.45) is 0. The summed E-state index contributed by atoms with van der Waals surface area (Å²) >= 11 is 0. The average Bonchev–Trinajstić information content (AvgIpc) is 3.06. The van der Waals surface area contributed by atoms with Crippen LogP contribution in [0.2, 0.25) is 0 Å². The number of rotatable bonds is 9. The predicted octanol–water partition coefficient (Wildman–Crippen LogP) is 9.60. The topological polar surface area (TPSA) is 71.1 Å². The minimum atomic E-state index is -0.377. The van der Waals surface area contributed by atoms with Crippen LogP contribution in [-0.4, -0.2) is 25.2 Å². The quantitative estimate of drug-likeness (QED) is 0.158. The Bertz CT molecular complexity index is 1810. The first kappa shape index (κ1) is 28.5. The molecule has 6 rings (SSSR count). The normalized spacial score (nSPS) is 10.9. The Kier molecular flexibility index (Phi) is 8.23. The van der Waals surface area contributed by atoms with E-state index < -0.39 is 0 Å². The number of fused-ring (bicyclic) bond motifs is 2. The van der Waals surface area contributed by atoms with Crippen LogP contribution in [0, 0.1) is 0 Å². The van der Waals surface area contributed by atoms with Gasteiger partial charge in [0.2, 0.25) is 0 Å². The molecule has 0 saturated heterocycles. The molecule has 0 spiro atoms. The smallest absolute Gasteiger partial charge is 0.338 e. The highest BCUT2D eigenvalue weighted by atomic mass is 16.5. The molecular formula is C38H30O6. The first-order valence-electron chi connectivity index (χ1n) is 14.5. The van der Waals surface area contributed by atoms with Gasteiger partial charge in [-0.1, -0.05) is 60.7 Å². The fraction of sp³-hybridized carbons (Fsp3) is 0.105. The lowest BCUT2D eigenvalue weighted by atomic mass is 9.92. The van der Waals surface area contributed by atoms with E-state index in [-0.39, 0.29) is 11.9 Å². The zero-order valence-electron chi connectivity index (χ0n) is 24.4. The molecule has 0 atom stereocenters. The van der Waals surface area contributed by atoms with Crippen LogP contribution in [0.15, 0.2) is 121 Å². The van der Waals surface area contributed by atoms with Crippen LogP contribution in [0.1, 0.15) is 34.6 Å². The first-order valence-corrected chi connectivity index (χ1v) is 14.5. The second-order valence-corrected chi connectivity index (χ2v) is 10.0. The molecule has 0 radical (unpaired) electrons. The Morgan fingerprint density at radius 1 is 0.477 bits per heavy atom. The van der Waals surface area contributed by atoms with Crippen molar-refractivity contribution in [2.45, 2.75) is 13.8 Å². The Balaban J connectivity index is 1.48. The molecule has 0 fully saturated rings. The van der Waals surface area contributed by atoms with Gasteiger partial charge in [0.15, 0.2) is 0 Å². The minimum Gasteiger partial charge on any atom is -0.462 e. The summed E-state index contributed by atoms with van der Waals surface area (Å²) < 4.78 is 23.3. The minimum absolute atomic E-state index is 0.308. The van der Waals surface area contributed by atoms with E-state index >= 15 is 0 Å². The van der Waals surface area contributed by atoms with Crippen molar-refractivity contribution in [1.82, 2.24) is 0 Å². The Labute approximate surface area is 255 Å². The van der Waals surface area contributed by atoms with Crippen molar-refractivity contribution in [3.8, 4) is 34.1 Å². The SMILES string of the molecule is CCOC(=O)c1ccc(Oc2ccc3ccccc3c2-c2c(Oc3ccc(C(=O)OCC)cc3)ccc3ccccc23)cc1. The summed E-state index contributed by atoms with van der Waals surface area (Å²) in [5.41, 5.74) is 2.65. The van der Waals surface area contributed by atoms with Crippen LogP contribution in [0.5, 0.6) is 23.0 Å². The van der Waals surface area contributed by atoms with Crippen molar-refractivity contribution in [2.75, 3.05) is 13.2 Å². The molecule has 0 aliphatic carbocycles. The zero-order valence-corrected chi connectivity index (χ0v) is 24.4. The van der Waals surface area contributed by atoms with E-state index in [1.165, 1.54) is 0 Å². The molecule has 6 nitrogen and oxygen atoms in total. The number of carbonyl (C=O) groups excluding carboxylic acids is 2. The van der Waals surface area contributed by atoms with Crippen LogP contribution in [0.4, 0.5) is 0 Å². The van der Waals surface area contributed by atoms with E-state index in [4.69, 9.17) is 18.9 Å². The number of benzene rings is 6. The molecule has 0 saturated carbocycles. The summed E-state index contributed by atoms with van der Waals surface area (Å²) in [5, 5.41) is 4.08. The molecular weight excluding hydrogens is 552 g/mol. The number of carbonyl (C=O) groups is 2. The molecule has 6 aromatic rings. The zero-order chi connectivity index (χ0) is 30.5. The molecule has 0 heterocycles. The van der Waals surface area contributed by atoms with Crippen LogP contribution >= 0.6 is 0 Å². The van der Waals surface area contributed by atoms with E-state index in [1.807, 2.05) is 48.5 Å². The van der Waals surface area contributed by atoms with Crippen LogP contribution in [0.25, 0.3) is 32.7 Å². The summed E-state index contributed by atoms with van der Waals surface area (Å²) in [6.45, 7) is 4.17. The first-order chi connectivity index (χ1) is 21.6. The van der Waals surface area contributed by atoms with Gasteiger partial charge in [-0.05, 0) is 96.1 Å². The molecule has 0 aliphatic heterocycles. The van der Waals surface area contributed by atoms with Crippen molar-refractivity contribution < 1.29 is 28.5 Å². The van der Waals surface area contributed by atoms with Crippen molar-refractivity contribution in [1.29, 1.82) is 0 Å². The molecule has 218 valence electrons. The molecule has 0 aliphatic rings. The van der Waals surface area contributed by atoms with Gasteiger partial charge in [-0.2, -0.15) is 0 Å². The van der Waals surface area contributed by atoms with Gasteiger partial charge in [-0.15, -0.1) is 0 Å². The number of hydrogen-bond acceptors (Lipinski definition) is 6. The van der Waals surface area contributed by atoms with Gasteiger partial charge in [0, 0.05) is 11.1 Å². The third kappa shape index (κ3) is 5.83. The van der Waals surface area contributed by atoms with E-state index in [0.717, 1.165) is 32.7 Å². The van der Waals surface area contributed by atoms with Gasteiger partial charge < -0.3 is 18.9 Å². The molecule has 44 heavy (non-hydrogen) atoms.